The van der Waals surface area contributed by atoms with Gasteiger partial charge in [0.15, 0.2) is 0 Å². The lowest BCUT2D eigenvalue weighted by Gasteiger charge is -2.07. The lowest BCUT2D eigenvalue weighted by molar-refractivity contribution is 0.392. The maximum Gasteiger partial charge on any atom is 0.203 e. The summed E-state index contributed by atoms with van der Waals surface area (Å²) < 4.78 is 7.16. The van der Waals surface area contributed by atoms with Crippen molar-refractivity contribution in [2.75, 3.05) is 5.32 Å². The van der Waals surface area contributed by atoms with E-state index in [0.29, 0.717) is 6.54 Å². The molecular weight excluding hydrogens is 204 g/mol. The van der Waals surface area contributed by atoms with Crippen LogP contribution in [0, 0.1) is 13.8 Å². The summed E-state index contributed by atoms with van der Waals surface area (Å²) in [6.07, 6.45) is 3.74. The summed E-state index contributed by atoms with van der Waals surface area (Å²) in [4.78, 5) is 4.25. The molecule has 0 aliphatic rings. The third-order valence-corrected chi connectivity index (χ3v) is 2.66. The van der Waals surface area contributed by atoms with Gasteiger partial charge in [-0.1, -0.05) is 5.16 Å². The predicted molar refractivity (Wildman–Crippen MR) is 61.2 cm³/mol. The van der Waals surface area contributed by atoms with Crippen LogP contribution in [0.5, 0.6) is 0 Å². The second kappa shape index (κ2) is 4.38. The molecule has 0 aliphatic heterocycles. The molecule has 5 nitrogen and oxygen atoms in total. The number of aryl methyl sites for hydroxylation is 3. The Morgan fingerprint density at radius 1 is 1.44 bits per heavy atom. The minimum atomic E-state index is 0.693. The fourth-order valence-electron chi connectivity index (χ4n) is 1.65. The SMILES string of the molecule is CCn1ccnc1NCc1c(C)noc1C. The molecule has 0 amide bonds. The van der Waals surface area contributed by atoms with E-state index in [2.05, 4.69) is 26.9 Å². The van der Waals surface area contributed by atoms with E-state index < -0.39 is 0 Å². The van der Waals surface area contributed by atoms with E-state index in [1.54, 1.807) is 6.20 Å². The Morgan fingerprint density at radius 3 is 2.88 bits per heavy atom. The normalized spacial score (nSPS) is 10.7. The van der Waals surface area contributed by atoms with Gasteiger partial charge in [-0.3, -0.25) is 0 Å². The lowest BCUT2D eigenvalue weighted by atomic mass is 10.2. The van der Waals surface area contributed by atoms with Crippen LogP contribution in [-0.4, -0.2) is 14.7 Å². The van der Waals surface area contributed by atoms with Crippen LogP contribution in [-0.2, 0) is 13.1 Å². The molecule has 0 aliphatic carbocycles. The van der Waals surface area contributed by atoms with Crippen molar-refractivity contribution in [2.45, 2.75) is 33.9 Å². The molecule has 0 atom stereocenters. The minimum Gasteiger partial charge on any atom is -0.361 e. The Bertz CT molecular complexity index is 453. The molecule has 0 aromatic carbocycles. The third kappa shape index (κ3) is 1.93. The van der Waals surface area contributed by atoms with Crippen molar-refractivity contribution in [3.63, 3.8) is 0 Å². The van der Waals surface area contributed by atoms with Gasteiger partial charge in [0.1, 0.15) is 5.76 Å². The van der Waals surface area contributed by atoms with Crippen molar-refractivity contribution in [1.82, 2.24) is 14.7 Å². The van der Waals surface area contributed by atoms with Gasteiger partial charge >= 0.3 is 0 Å². The Hall–Kier alpha value is -1.78. The van der Waals surface area contributed by atoms with Crippen LogP contribution < -0.4 is 5.32 Å². The summed E-state index contributed by atoms with van der Waals surface area (Å²) in [6, 6.07) is 0. The van der Waals surface area contributed by atoms with E-state index in [-0.39, 0.29) is 0 Å². The number of imidazole rings is 1. The van der Waals surface area contributed by atoms with E-state index in [1.165, 1.54) is 0 Å². The summed E-state index contributed by atoms with van der Waals surface area (Å²) in [6.45, 7) is 7.55. The Balaban J connectivity index is 2.08. The third-order valence-electron chi connectivity index (χ3n) is 2.66. The number of hydrogen-bond donors (Lipinski definition) is 1. The molecule has 0 fully saturated rings. The summed E-state index contributed by atoms with van der Waals surface area (Å²) >= 11 is 0. The van der Waals surface area contributed by atoms with Crippen LogP contribution in [0.15, 0.2) is 16.9 Å². The van der Waals surface area contributed by atoms with Crippen LogP contribution in [0.25, 0.3) is 0 Å². The van der Waals surface area contributed by atoms with Crippen molar-refractivity contribution >= 4 is 5.95 Å². The maximum absolute atomic E-state index is 5.10. The number of hydrogen-bond acceptors (Lipinski definition) is 4. The van der Waals surface area contributed by atoms with Crippen LogP contribution >= 0.6 is 0 Å². The molecule has 2 rings (SSSR count). The summed E-state index contributed by atoms with van der Waals surface area (Å²) in [5.41, 5.74) is 2.03. The summed E-state index contributed by atoms with van der Waals surface area (Å²) in [5.74, 6) is 1.74. The van der Waals surface area contributed by atoms with E-state index >= 15 is 0 Å². The standard InChI is InChI=1S/C11H16N4O/c1-4-15-6-5-12-11(15)13-7-10-8(2)14-16-9(10)3/h5-6H,4,7H2,1-3H3,(H,12,13). The second-order valence-corrected chi connectivity index (χ2v) is 3.69. The van der Waals surface area contributed by atoms with Crippen molar-refractivity contribution in [1.29, 1.82) is 0 Å². The molecule has 86 valence electrons. The van der Waals surface area contributed by atoms with Crippen LogP contribution in [0.3, 0.4) is 0 Å². The molecular formula is C11H16N4O. The largest absolute Gasteiger partial charge is 0.361 e. The minimum absolute atomic E-state index is 0.693. The van der Waals surface area contributed by atoms with E-state index in [4.69, 9.17) is 4.52 Å². The van der Waals surface area contributed by atoms with Crippen molar-refractivity contribution in [3.05, 3.63) is 29.4 Å². The Kier molecular flexibility index (Phi) is 2.94. The highest BCUT2D eigenvalue weighted by Crippen LogP contribution is 2.14. The van der Waals surface area contributed by atoms with Gasteiger partial charge in [0.05, 0.1) is 5.69 Å². The lowest BCUT2D eigenvalue weighted by Crippen LogP contribution is -2.07. The molecule has 2 aromatic rings. The highest BCUT2D eigenvalue weighted by molar-refractivity contribution is 5.31. The molecule has 2 heterocycles. The van der Waals surface area contributed by atoms with Gasteiger partial charge in [-0.25, -0.2) is 4.98 Å². The topological polar surface area (TPSA) is 55.9 Å². The fraction of sp³-hybridized carbons (Fsp3) is 0.455. The number of nitrogens with zero attached hydrogens (tertiary/aromatic N) is 3. The van der Waals surface area contributed by atoms with Crippen LogP contribution in [0.2, 0.25) is 0 Å². The highest BCUT2D eigenvalue weighted by Gasteiger charge is 2.09. The predicted octanol–water partition coefficient (Wildman–Crippen LogP) is 2.12. The van der Waals surface area contributed by atoms with Crippen LogP contribution in [0.1, 0.15) is 23.9 Å². The molecule has 2 aromatic heterocycles. The molecule has 1 N–H and O–H groups in total. The average Bonchev–Trinajstić information content (AvgIpc) is 2.84. The first kappa shape index (κ1) is 10.7. The number of anilines is 1. The number of nitrogens with one attached hydrogen (secondary N) is 1. The van der Waals surface area contributed by atoms with Gasteiger partial charge in [-0.05, 0) is 20.8 Å². The second-order valence-electron chi connectivity index (χ2n) is 3.69. The highest BCUT2D eigenvalue weighted by atomic mass is 16.5. The van der Waals surface area contributed by atoms with Gasteiger partial charge in [0, 0.05) is 31.0 Å². The average molecular weight is 220 g/mol. The van der Waals surface area contributed by atoms with E-state index in [9.17, 15) is 0 Å². The quantitative estimate of drug-likeness (QED) is 0.857. The molecule has 0 spiro atoms. The summed E-state index contributed by atoms with van der Waals surface area (Å²) in [5, 5.41) is 7.20. The Labute approximate surface area is 94.5 Å². The number of rotatable bonds is 4. The molecule has 0 saturated heterocycles. The first-order valence-corrected chi connectivity index (χ1v) is 5.39. The molecule has 0 saturated carbocycles. The first-order chi connectivity index (χ1) is 7.72. The molecule has 16 heavy (non-hydrogen) atoms. The smallest absolute Gasteiger partial charge is 0.203 e. The van der Waals surface area contributed by atoms with E-state index in [0.717, 1.165) is 29.5 Å². The zero-order valence-corrected chi connectivity index (χ0v) is 9.82. The molecule has 0 bridgehead atoms. The van der Waals surface area contributed by atoms with Crippen molar-refractivity contribution in [3.8, 4) is 0 Å². The molecule has 0 radical (unpaired) electrons. The van der Waals surface area contributed by atoms with Gasteiger partial charge in [0.25, 0.3) is 0 Å². The molecule has 5 heteroatoms. The monoisotopic (exact) mass is 220 g/mol. The van der Waals surface area contributed by atoms with Crippen LogP contribution in [0.4, 0.5) is 5.95 Å². The zero-order valence-electron chi connectivity index (χ0n) is 9.82. The first-order valence-electron chi connectivity index (χ1n) is 5.39. The number of aromatic nitrogens is 3. The zero-order chi connectivity index (χ0) is 11.5. The fourth-order valence-corrected chi connectivity index (χ4v) is 1.65. The van der Waals surface area contributed by atoms with Crippen molar-refractivity contribution in [2.24, 2.45) is 0 Å². The molecule has 0 unspecified atom stereocenters. The summed E-state index contributed by atoms with van der Waals surface area (Å²) in [7, 11) is 0. The Morgan fingerprint density at radius 2 is 2.25 bits per heavy atom. The van der Waals surface area contributed by atoms with Gasteiger partial charge in [0.2, 0.25) is 5.95 Å². The maximum atomic E-state index is 5.10. The van der Waals surface area contributed by atoms with Gasteiger partial charge in [-0.2, -0.15) is 0 Å². The van der Waals surface area contributed by atoms with Gasteiger partial charge in [-0.15, -0.1) is 0 Å². The van der Waals surface area contributed by atoms with Crippen molar-refractivity contribution < 1.29 is 4.52 Å². The van der Waals surface area contributed by atoms with Gasteiger partial charge < -0.3 is 14.4 Å². The van der Waals surface area contributed by atoms with E-state index in [1.807, 2.05) is 20.0 Å².